The molecule has 0 bridgehead atoms. The number of aromatic nitrogens is 1. The fourth-order valence-electron chi connectivity index (χ4n) is 4.54. The van der Waals surface area contributed by atoms with Gasteiger partial charge in [-0.1, -0.05) is 0 Å². The minimum Gasteiger partial charge on any atom is -0.390 e. The first-order valence-electron chi connectivity index (χ1n) is 8.63. The van der Waals surface area contributed by atoms with E-state index in [9.17, 15) is 15.2 Å². The Morgan fingerprint density at radius 2 is 2.12 bits per heavy atom. The minimum atomic E-state index is -0.536. The lowest BCUT2D eigenvalue weighted by Gasteiger charge is -2.56. The van der Waals surface area contributed by atoms with Crippen molar-refractivity contribution in [1.29, 1.82) is 5.26 Å². The van der Waals surface area contributed by atoms with Crippen LogP contribution < -0.4 is 5.32 Å². The van der Waals surface area contributed by atoms with Crippen molar-refractivity contribution in [3.63, 3.8) is 0 Å². The van der Waals surface area contributed by atoms with Crippen LogP contribution in [0.5, 0.6) is 0 Å². The van der Waals surface area contributed by atoms with Gasteiger partial charge in [-0.25, -0.2) is 0 Å². The molecule has 0 atom stereocenters. The summed E-state index contributed by atoms with van der Waals surface area (Å²) in [6, 6.07) is 3.88. The van der Waals surface area contributed by atoms with Crippen molar-refractivity contribution in [2.75, 3.05) is 25.5 Å². The summed E-state index contributed by atoms with van der Waals surface area (Å²) in [5.41, 5.74) is 2.09. The van der Waals surface area contributed by atoms with Crippen LogP contribution in [0.1, 0.15) is 38.2 Å². The average molecular weight is 340 g/mol. The quantitative estimate of drug-likeness (QED) is 0.496. The molecular formula is C19H24N4O2. The number of aldehydes is 1. The molecule has 3 rings (SSSR count). The molecule has 2 N–H and O–H groups in total. The van der Waals surface area contributed by atoms with Gasteiger partial charge in [0, 0.05) is 31.9 Å². The number of carbonyl (C=O) groups excluding carboxylic acids is 1. The molecular weight excluding hydrogens is 316 g/mol. The van der Waals surface area contributed by atoms with Gasteiger partial charge in [-0.2, -0.15) is 5.26 Å². The number of aliphatic hydroxyl groups is 1. The van der Waals surface area contributed by atoms with Crippen molar-refractivity contribution in [1.82, 2.24) is 9.88 Å². The molecule has 2 aliphatic rings. The molecule has 6 heteroatoms. The zero-order valence-electron chi connectivity index (χ0n) is 14.7. The molecule has 132 valence electrons. The van der Waals surface area contributed by atoms with E-state index in [0.29, 0.717) is 12.0 Å². The SMILES string of the molecule is CNc1cnccc1/C(=C(/C#N)C=O)N1CCC2(CC1)CC(C)(O)C2. The summed E-state index contributed by atoms with van der Waals surface area (Å²) < 4.78 is 0. The average Bonchev–Trinajstić information content (AvgIpc) is 2.59. The Labute approximate surface area is 148 Å². The van der Waals surface area contributed by atoms with E-state index < -0.39 is 5.60 Å². The summed E-state index contributed by atoms with van der Waals surface area (Å²) in [4.78, 5) is 17.7. The van der Waals surface area contributed by atoms with E-state index in [-0.39, 0.29) is 11.0 Å². The third-order valence-corrected chi connectivity index (χ3v) is 5.49. The largest absolute Gasteiger partial charge is 0.390 e. The smallest absolute Gasteiger partial charge is 0.162 e. The fourth-order valence-corrected chi connectivity index (χ4v) is 4.54. The van der Waals surface area contributed by atoms with Gasteiger partial charge >= 0.3 is 0 Å². The first-order valence-corrected chi connectivity index (χ1v) is 8.63. The van der Waals surface area contributed by atoms with Crippen LogP contribution >= 0.6 is 0 Å². The Kier molecular flexibility index (Phi) is 4.53. The van der Waals surface area contributed by atoms with Crippen LogP contribution in [0.2, 0.25) is 0 Å². The Hall–Kier alpha value is -2.39. The van der Waals surface area contributed by atoms with Crippen molar-refractivity contribution >= 4 is 17.7 Å². The molecule has 6 nitrogen and oxygen atoms in total. The van der Waals surface area contributed by atoms with Gasteiger partial charge in [0.25, 0.3) is 0 Å². The predicted molar refractivity (Wildman–Crippen MR) is 95.5 cm³/mol. The number of carbonyl (C=O) groups is 1. The highest BCUT2D eigenvalue weighted by Gasteiger charge is 2.51. The van der Waals surface area contributed by atoms with Gasteiger partial charge in [-0.05, 0) is 44.1 Å². The van der Waals surface area contributed by atoms with Gasteiger partial charge in [-0.15, -0.1) is 0 Å². The highest BCUT2D eigenvalue weighted by molar-refractivity contribution is 5.94. The maximum atomic E-state index is 11.5. The van der Waals surface area contributed by atoms with Gasteiger partial charge in [0.1, 0.15) is 11.6 Å². The molecule has 2 fully saturated rings. The number of hydrogen-bond donors (Lipinski definition) is 2. The van der Waals surface area contributed by atoms with E-state index >= 15 is 0 Å². The van der Waals surface area contributed by atoms with Crippen molar-refractivity contribution in [3.05, 3.63) is 29.6 Å². The number of nitriles is 1. The number of nitrogens with one attached hydrogen (secondary N) is 1. The monoisotopic (exact) mass is 340 g/mol. The maximum absolute atomic E-state index is 11.5. The summed E-state index contributed by atoms with van der Waals surface area (Å²) in [5.74, 6) is 0. The van der Waals surface area contributed by atoms with Crippen molar-refractivity contribution < 1.29 is 9.90 Å². The molecule has 25 heavy (non-hydrogen) atoms. The van der Waals surface area contributed by atoms with Gasteiger partial charge in [-0.3, -0.25) is 9.78 Å². The van der Waals surface area contributed by atoms with Gasteiger partial charge in [0.15, 0.2) is 6.29 Å². The zero-order valence-corrected chi connectivity index (χ0v) is 14.7. The molecule has 0 radical (unpaired) electrons. The van der Waals surface area contributed by atoms with E-state index in [1.165, 1.54) is 0 Å². The summed E-state index contributed by atoms with van der Waals surface area (Å²) in [6.07, 6.45) is 7.60. The standard InChI is InChI=1S/C19H24N4O2/c1-18(25)12-19(13-18)4-7-23(8-5-19)17(14(9-20)11-24)15-3-6-22-10-16(15)21-2/h3,6,10-11,21,25H,4-5,7-8,12-13H2,1-2H3/b17-14+. The topological polar surface area (TPSA) is 89.2 Å². The van der Waals surface area contributed by atoms with Crippen molar-refractivity contribution in [2.24, 2.45) is 5.41 Å². The Morgan fingerprint density at radius 1 is 1.44 bits per heavy atom. The first kappa shape index (κ1) is 17.4. The summed E-state index contributed by atoms with van der Waals surface area (Å²) in [5, 5.41) is 22.6. The van der Waals surface area contributed by atoms with E-state index in [0.717, 1.165) is 50.0 Å². The number of rotatable bonds is 4. The van der Waals surface area contributed by atoms with Crippen LogP contribution in [0.4, 0.5) is 5.69 Å². The second kappa shape index (κ2) is 6.49. The van der Waals surface area contributed by atoms with E-state index in [2.05, 4.69) is 15.2 Å². The molecule has 0 amide bonds. The first-order chi connectivity index (χ1) is 11.9. The molecule has 0 aromatic carbocycles. The third kappa shape index (κ3) is 3.24. The highest BCUT2D eigenvalue weighted by atomic mass is 16.3. The minimum absolute atomic E-state index is 0.138. The normalized spacial score (nSPS) is 21.8. The van der Waals surface area contributed by atoms with Crippen LogP contribution in [-0.4, -0.2) is 47.0 Å². The molecule has 2 heterocycles. The molecule has 1 aliphatic carbocycles. The molecule has 1 aromatic rings. The van der Waals surface area contributed by atoms with E-state index in [1.807, 2.05) is 19.1 Å². The Balaban J connectivity index is 1.89. The van der Waals surface area contributed by atoms with Gasteiger partial charge in [0.05, 0.1) is 23.2 Å². The lowest BCUT2D eigenvalue weighted by molar-refractivity contribution is -0.133. The van der Waals surface area contributed by atoms with Crippen LogP contribution in [0.3, 0.4) is 0 Å². The molecule has 1 aromatic heterocycles. The molecule has 1 aliphatic heterocycles. The molecule has 0 unspecified atom stereocenters. The number of nitrogens with zero attached hydrogens (tertiary/aromatic N) is 3. The number of anilines is 1. The van der Waals surface area contributed by atoms with E-state index in [4.69, 9.17) is 0 Å². The van der Waals surface area contributed by atoms with Crippen LogP contribution in [0.15, 0.2) is 24.0 Å². The Bertz CT molecular complexity index is 730. The lowest BCUT2D eigenvalue weighted by atomic mass is 9.56. The van der Waals surface area contributed by atoms with Gasteiger partial charge in [0.2, 0.25) is 0 Å². The third-order valence-electron chi connectivity index (χ3n) is 5.49. The molecule has 1 spiro atoms. The molecule has 1 saturated heterocycles. The number of hydrogen-bond acceptors (Lipinski definition) is 6. The number of likely N-dealkylation sites (tertiary alicyclic amines) is 1. The maximum Gasteiger partial charge on any atom is 0.162 e. The van der Waals surface area contributed by atoms with Crippen LogP contribution in [0, 0.1) is 16.7 Å². The fraction of sp³-hybridized carbons (Fsp3) is 0.526. The summed E-state index contributed by atoms with van der Waals surface area (Å²) in [6.45, 7) is 3.44. The Morgan fingerprint density at radius 3 is 2.64 bits per heavy atom. The summed E-state index contributed by atoms with van der Waals surface area (Å²) >= 11 is 0. The number of allylic oxidation sites excluding steroid dienone is 1. The van der Waals surface area contributed by atoms with Crippen molar-refractivity contribution in [3.8, 4) is 6.07 Å². The number of piperidine rings is 1. The molecule has 1 saturated carbocycles. The highest BCUT2D eigenvalue weighted by Crippen LogP contribution is 2.55. The second-order valence-electron chi connectivity index (χ2n) is 7.50. The predicted octanol–water partition coefficient (Wildman–Crippen LogP) is 2.18. The zero-order chi connectivity index (χ0) is 18.1. The van der Waals surface area contributed by atoms with Crippen LogP contribution in [-0.2, 0) is 4.79 Å². The van der Waals surface area contributed by atoms with Crippen LogP contribution in [0.25, 0.3) is 5.70 Å². The lowest BCUT2D eigenvalue weighted by Crippen LogP contribution is -2.54. The van der Waals surface area contributed by atoms with E-state index in [1.54, 1.807) is 19.4 Å². The second-order valence-corrected chi connectivity index (χ2v) is 7.50. The van der Waals surface area contributed by atoms with Gasteiger partial charge < -0.3 is 15.3 Å². The number of pyridine rings is 1. The summed E-state index contributed by atoms with van der Waals surface area (Å²) in [7, 11) is 1.80. The van der Waals surface area contributed by atoms with Crippen molar-refractivity contribution in [2.45, 2.75) is 38.2 Å².